The molecule has 0 aliphatic carbocycles. The Morgan fingerprint density at radius 1 is 1.33 bits per heavy atom. The van der Waals surface area contributed by atoms with E-state index in [1.807, 2.05) is 13.8 Å². The molecule has 0 unspecified atom stereocenters. The fourth-order valence-electron chi connectivity index (χ4n) is 3.18. The van der Waals surface area contributed by atoms with Crippen LogP contribution < -0.4 is 5.32 Å². The van der Waals surface area contributed by atoms with E-state index in [1.165, 1.54) is 6.07 Å². The highest BCUT2D eigenvalue weighted by atomic mass is 19.4. The van der Waals surface area contributed by atoms with E-state index in [0.717, 1.165) is 11.8 Å². The summed E-state index contributed by atoms with van der Waals surface area (Å²) in [5.41, 5.74) is -0.0308. The summed E-state index contributed by atoms with van der Waals surface area (Å²) >= 11 is 0. The van der Waals surface area contributed by atoms with E-state index in [4.69, 9.17) is 0 Å². The van der Waals surface area contributed by atoms with Crippen molar-refractivity contribution < 1.29 is 18.3 Å². The molecule has 2 heterocycles. The third-order valence-corrected chi connectivity index (χ3v) is 4.08. The molecule has 0 bridgehead atoms. The molecule has 2 aromatic rings. The maximum absolute atomic E-state index is 13.2. The average molecular weight is 298 g/mol. The number of halogens is 3. The van der Waals surface area contributed by atoms with Crippen LogP contribution in [0.15, 0.2) is 18.2 Å². The number of hydrogen-bond donors (Lipinski definition) is 2. The van der Waals surface area contributed by atoms with Gasteiger partial charge in [0.05, 0.1) is 17.0 Å². The predicted octanol–water partition coefficient (Wildman–Crippen LogP) is 3.67. The van der Waals surface area contributed by atoms with Crippen molar-refractivity contribution in [2.75, 3.05) is 6.54 Å². The fourth-order valence-corrected chi connectivity index (χ4v) is 3.18. The quantitative estimate of drug-likeness (QED) is 0.843. The van der Waals surface area contributed by atoms with Crippen LogP contribution in [0.3, 0.4) is 0 Å². The lowest BCUT2D eigenvalue weighted by atomic mass is 9.96. The van der Waals surface area contributed by atoms with Crippen LogP contribution in [0.5, 0.6) is 5.88 Å². The highest BCUT2D eigenvalue weighted by Crippen LogP contribution is 2.44. The SMILES string of the molecule is CC(C)[C@H]1NCCn2c1c1cccc(C(F)(F)F)c1c2O. The summed E-state index contributed by atoms with van der Waals surface area (Å²) in [6.45, 7) is 5.12. The highest BCUT2D eigenvalue weighted by Gasteiger charge is 2.37. The van der Waals surface area contributed by atoms with E-state index < -0.39 is 11.7 Å². The number of aromatic hydroxyl groups is 1. The molecule has 3 rings (SSSR count). The van der Waals surface area contributed by atoms with Crippen LogP contribution in [0.2, 0.25) is 0 Å². The van der Waals surface area contributed by atoms with Crippen molar-refractivity contribution in [1.82, 2.24) is 9.88 Å². The largest absolute Gasteiger partial charge is 0.494 e. The molecule has 0 saturated heterocycles. The monoisotopic (exact) mass is 298 g/mol. The maximum atomic E-state index is 13.2. The molecule has 114 valence electrons. The highest BCUT2D eigenvalue weighted by molar-refractivity contribution is 5.94. The van der Waals surface area contributed by atoms with Gasteiger partial charge in [-0.3, -0.25) is 0 Å². The minimum absolute atomic E-state index is 0.0642. The zero-order chi connectivity index (χ0) is 15.4. The number of alkyl halides is 3. The Morgan fingerprint density at radius 3 is 2.67 bits per heavy atom. The van der Waals surface area contributed by atoms with Crippen LogP contribution in [0, 0.1) is 5.92 Å². The smallest absolute Gasteiger partial charge is 0.417 e. The second-order valence-corrected chi connectivity index (χ2v) is 5.76. The van der Waals surface area contributed by atoms with Gasteiger partial charge in [0.2, 0.25) is 0 Å². The van der Waals surface area contributed by atoms with Crippen molar-refractivity contribution >= 4 is 10.8 Å². The zero-order valence-corrected chi connectivity index (χ0v) is 11.8. The second-order valence-electron chi connectivity index (χ2n) is 5.76. The standard InChI is InChI=1S/C15H17F3N2O/c1-8(2)12-13-9-4-3-5-10(15(16,17)18)11(9)14(21)20(13)7-6-19-12/h3-5,8,12,19,21H,6-7H2,1-2H3/t12-/m1/s1. The molecule has 1 aliphatic rings. The van der Waals surface area contributed by atoms with Gasteiger partial charge in [-0.05, 0) is 12.0 Å². The van der Waals surface area contributed by atoms with Gasteiger partial charge in [-0.1, -0.05) is 26.0 Å². The van der Waals surface area contributed by atoms with E-state index >= 15 is 0 Å². The lowest BCUT2D eigenvalue weighted by Crippen LogP contribution is -2.35. The normalized spacial score (nSPS) is 19.2. The first kappa shape index (κ1) is 14.3. The molecule has 0 amide bonds. The molecular weight excluding hydrogens is 281 g/mol. The minimum atomic E-state index is -4.48. The molecule has 0 spiro atoms. The topological polar surface area (TPSA) is 37.2 Å². The Hall–Kier alpha value is -1.69. The van der Waals surface area contributed by atoms with Crippen LogP contribution in [0.25, 0.3) is 10.8 Å². The molecule has 21 heavy (non-hydrogen) atoms. The summed E-state index contributed by atoms with van der Waals surface area (Å²) in [5, 5.41) is 14.0. The molecule has 0 fully saturated rings. The maximum Gasteiger partial charge on any atom is 0.417 e. The number of benzene rings is 1. The molecule has 1 aromatic heterocycles. The van der Waals surface area contributed by atoms with Crippen LogP contribution in [-0.2, 0) is 12.7 Å². The summed E-state index contributed by atoms with van der Waals surface area (Å²) in [6, 6.07) is 4.01. The molecule has 1 aliphatic heterocycles. The van der Waals surface area contributed by atoms with E-state index in [0.29, 0.717) is 18.5 Å². The van der Waals surface area contributed by atoms with Crippen molar-refractivity contribution in [3.63, 3.8) is 0 Å². The summed E-state index contributed by atoms with van der Waals surface area (Å²) in [6.07, 6.45) is -4.48. The zero-order valence-electron chi connectivity index (χ0n) is 11.8. The fraction of sp³-hybridized carbons (Fsp3) is 0.467. The first-order valence-electron chi connectivity index (χ1n) is 6.97. The summed E-state index contributed by atoms with van der Waals surface area (Å²) in [4.78, 5) is 0. The third-order valence-electron chi connectivity index (χ3n) is 4.08. The number of rotatable bonds is 1. The van der Waals surface area contributed by atoms with Gasteiger partial charge < -0.3 is 15.0 Å². The van der Waals surface area contributed by atoms with Crippen molar-refractivity contribution in [2.24, 2.45) is 5.92 Å². The van der Waals surface area contributed by atoms with E-state index in [-0.39, 0.29) is 23.2 Å². The van der Waals surface area contributed by atoms with Crippen molar-refractivity contribution in [1.29, 1.82) is 0 Å². The lowest BCUT2D eigenvalue weighted by molar-refractivity contribution is -0.136. The molecule has 0 radical (unpaired) electrons. The number of aromatic nitrogens is 1. The minimum Gasteiger partial charge on any atom is -0.494 e. The van der Waals surface area contributed by atoms with Gasteiger partial charge in [0.1, 0.15) is 0 Å². The molecule has 1 aromatic carbocycles. The molecular formula is C15H17F3N2O. The van der Waals surface area contributed by atoms with Gasteiger partial charge in [0.25, 0.3) is 0 Å². The number of nitrogens with zero attached hydrogens (tertiary/aromatic N) is 1. The van der Waals surface area contributed by atoms with Crippen molar-refractivity contribution in [3.8, 4) is 5.88 Å². The van der Waals surface area contributed by atoms with Gasteiger partial charge in [0, 0.05) is 24.2 Å². The van der Waals surface area contributed by atoms with Gasteiger partial charge in [0.15, 0.2) is 5.88 Å². The van der Waals surface area contributed by atoms with Gasteiger partial charge in [-0.25, -0.2) is 0 Å². The van der Waals surface area contributed by atoms with Gasteiger partial charge >= 0.3 is 6.18 Å². The van der Waals surface area contributed by atoms with E-state index in [9.17, 15) is 18.3 Å². The molecule has 1 atom stereocenters. The van der Waals surface area contributed by atoms with E-state index in [1.54, 1.807) is 10.6 Å². The molecule has 6 heteroatoms. The van der Waals surface area contributed by atoms with Gasteiger partial charge in [-0.2, -0.15) is 13.2 Å². The van der Waals surface area contributed by atoms with Crippen LogP contribution >= 0.6 is 0 Å². The summed E-state index contributed by atoms with van der Waals surface area (Å²) < 4.78 is 41.2. The Morgan fingerprint density at radius 2 is 2.05 bits per heavy atom. The number of nitrogens with one attached hydrogen (secondary N) is 1. The number of fused-ring (bicyclic) bond motifs is 3. The molecule has 3 nitrogen and oxygen atoms in total. The van der Waals surface area contributed by atoms with Gasteiger partial charge in [-0.15, -0.1) is 0 Å². The lowest BCUT2D eigenvalue weighted by Gasteiger charge is -2.29. The molecule has 2 N–H and O–H groups in total. The first-order valence-corrected chi connectivity index (χ1v) is 6.97. The predicted molar refractivity (Wildman–Crippen MR) is 74.2 cm³/mol. The first-order chi connectivity index (χ1) is 9.82. The van der Waals surface area contributed by atoms with Crippen LogP contribution in [0.1, 0.15) is 31.1 Å². The van der Waals surface area contributed by atoms with Crippen molar-refractivity contribution in [2.45, 2.75) is 32.6 Å². The Kier molecular flexibility index (Phi) is 3.16. The second kappa shape index (κ2) is 4.66. The summed E-state index contributed by atoms with van der Waals surface area (Å²) in [7, 11) is 0. The summed E-state index contributed by atoms with van der Waals surface area (Å²) in [5.74, 6) is -0.0591. The van der Waals surface area contributed by atoms with Crippen LogP contribution in [-0.4, -0.2) is 16.2 Å². The average Bonchev–Trinajstić information content (AvgIpc) is 2.71. The third kappa shape index (κ3) is 2.09. The molecule has 0 saturated carbocycles. The Bertz CT molecular complexity index is 688. The Labute approximate surface area is 120 Å². The number of hydrogen-bond acceptors (Lipinski definition) is 2. The van der Waals surface area contributed by atoms with Crippen LogP contribution in [0.4, 0.5) is 13.2 Å². The Balaban J connectivity index is 2.36. The van der Waals surface area contributed by atoms with Crippen molar-refractivity contribution in [3.05, 3.63) is 29.5 Å². The van der Waals surface area contributed by atoms with E-state index in [2.05, 4.69) is 5.32 Å².